The molecule has 0 aromatic carbocycles. The van der Waals surface area contributed by atoms with Crippen molar-refractivity contribution in [1.82, 2.24) is 5.32 Å². The van der Waals surface area contributed by atoms with Gasteiger partial charge in [0.15, 0.2) is 0 Å². The Bertz CT molecular complexity index is 216. The second-order valence-electron chi connectivity index (χ2n) is 6.03. The smallest absolute Gasteiger partial charge is 0.220 e. The summed E-state index contributed by atoms with van der Waals surface area (Å²) in [6.45, 7) is 13.7. The number of ether oxygens (including phenoxy) is 1. The predicted octanol–water partition coefficient (Wildman–Crippen LogP) is 2.74. The fraction of sp³-hybridized carbons (Fsp3) is 0.923. The molecule has 0 spiro atoms. The van der Waals surface area contributed by atoms with Gasteiger partial charge in [0.05, 0.1) is 5.60 Å². The number of amides is 1. The average molecular weight is 229 g/mol. The highest BCUT2D eigenvalue weighted by atomic mass is 16.5. The van der Waals surface area contributed by atoms with E-state index in [-0.39, 0.29) is 16.9 Å². The van der Waals surface area contributed by atoms with Gasteiger partial charge in [0.1, 0.15) is 0 Å². The first-order chi connectivity index (χ1) is 7.16. The minimum absolute atomic E-state index is 0.0551. The Labute approximate surface area is 99.9 Å². The molecule has 96 valence electrons. The summed E-state index contributed by atoms with van der Waals surface area (Å²) in [5.41, 5.74) is -0.0940. The maximum Gasteiger partial charge on any atom is 0.220 e. The van der Waals surface area contributed by atoms with E-state index in [1.165, 1.54) is 0 Å². The highest BCUT2D eigenvalue weighted by molar-refractivity contribution is 5.76. The number of nitrogens with one attached hydrogen (secondary N) is 1. The Balaban J connectivity index is 3.78. The van der Waals surface area contributed by atoms with Crippen molar-refractivity contribution in [3.8, 4) is 0 Å². The van der Waals surface area contributed by atoms with E-state index < -0.39 is 0 Å². The SMILES string of the molecule is CCOC(C)(C)CCNC(=O)CC(C)(C)C. The van der Waals surface area contributed by atoms with E-state index in [0.29, 0.717) is 19.6 Å². The predicted molar refractivity (Wildman–Crippen MR) is 67.4 cm³/mol. The quantitative estimate of drug-likeness (QED) is 0.760. The molecule has 0 aromatic heterocycles. The molecule has 0 atom stereocenters. The zero-order valence-corrected chi connectivity index (χ0v) is 11.6. The first kappa shape index (κ1) is 15.4. The molecular weight excluding hydrogens is 202 g/mol. The molecule has 0 unspecified atom stereocenters. The van der Waals surface area contributed by atoms with Crippen LogP contribution in [0, 0.1) is 5.41 Å². The molecule has 0 radical (unpaired) electrons. The molecule has 0 aliphatic rings. The van der Waals surface area contributed by atoms with Crippen molar-refractivity contribution in [1.29, 1.82) is 0 Å². The van der Waals surface area contributed by atoms with Gasteiger partial charge in [-0.05, 0) is 32.6 Å². The fourth-order valence-corrected chi connectivity index (χ4v) is 1.51. The number of hydrogen-bond donors (Lipinski definition) is 1. The monoisotopic (exact) mass is 229 g/mol. The molecule has 0 saturated carbocycles. The summed E-state index contributed by atoms with van der Waals surface area (Å²) in [6, 6.07) is 0. The highest BCUT2D eigenvalue weighted by Crippen LogP contribution is 2.18. The van der Waals surface area contributed by atoms with Crippen molar-refractivity contribution in [2.24, 2.45) is 5.41 Å². The summed E-state index contributed by atoms with van der Waals surface area (Å²) in [4.78, 5) is 11.6. The van der Waals surface area contributed by atoms with Crippen molar-refractivity contribution in [3.63, 3.8) is 0 Å². The van der Waals surface area contributed by atoms with Crippen LogP contribution in [0.2, 0.25) is 0 Å². The van der Waals surface area contributed by atoms with Crippen LogP contribution >= 0.6 is 0 Å². The molecule has 0 heterocycles. The van der Waals surface area contributed by atoms with Crippen LogP contribution in [0.3, 0.4) is 0 Å². The minimum Gasteiger partial charge on any atom is -0.376 e. The van der Waals surface area contributed by atoms with Gasteiger partial charge < -0.3 is 10.1 Å². The standard InChI is InChI=1S/C13H27NO2/c1-7-16-13(5,6)8-9-14-11(15)10-12(2,3)4/h7-10H2,1-6H3,(H,14,15). The van der Waals surface area contributed by atoms with Crippen molar-refractivity contribution in [3.05, 3.63) is 0 Å². The Hall–Kier alpha value is -0.570. The van der Waals surface area contributed by atoms with Gasteiger partial charge in [0, 0.05) is 19.6 Å². The van der Waals surface area contributed by atoms with E-state index >= 15 is 0 Å². The van der Waals surface area contributed by atoms with E-state index in [2.05, 4.69) is 26.1 Å². The molecule has 3 heteroatoms. The van der Waals surface area contributed by atoms with E-state index in [1.807, 2.05) is 20.8 Å². The Kier molecular flexibility index (Phi) is 6.01. The molecular formula is C13H27NO2. The third-order valence-electron chi connectivity index (χ3n) is 2.28. The van der Waals surface area contributed by atoms with Crippen LogP contribution in [0.15, 0.2) is 0 Å². The lowest BCUT2D eigenvalue weighted by molar-refractivity contribution is -0.123. The summed E-state index contributed by atoms with van der Waals surface area (Å²) in [5.74, 6) is 0.125. The lowest BCUT2D eigenvalue weighted by Gasteiger charge is -2.25. The second-order valence-corrected chi connectivity index (χ2v) is 6.03. The topological polar surface area (TPSA) is 38.3 Å². The summed E-state index contributed by atoms with van der Waals surface area (Å²) in [7, 11) is 0. The second kappa shape index (κ2) is 6.24. The highest BCUT2D eigenvalue weighted by Gasteiger charge is 2.19. The molecule has 0 aliphatic carbocycles. The molecule has 16 heavy (non-hydrogen) atoms. The van der Waals surface area contributed by atoms with Crippen LogP contribution in [0.25, 0.3) is 0 Å². The van der Waals surface area contributed by atoms with Gasteiger partial charge in [-0.1, -0.05) is 20.8 Å². The van der Waals surface area contributed by atoms with Crippen LogP contribution in [-0.4, -0.2) is 24.7 Å². The van der Waals surface area contributed by atoms with Gasteiger partial charge in [0.25, 0.3) is 0 Å². The Morgan fingerprint density at radius 2 is 1.75 bits per heavy atom. The first-order valence-electron chi connectivity index (χ1n) is 6.07. The van der Waals surface area contributed by atoms with Gasteiger partial charge in [-0.2, -0.15) is 0 Å². The molecule has 0 bridgehead atoms. The van der Waals surface area contributed by atoms with Crippen LogP contribution in [0.1, 0.15) is 54.4 Å². The number of carbonyl (C=O) groups is 1. The fourth-order valence-electron chi connectivity index (χ4n) is 1.51. The molecule has 0 saturated heterocycles. The maximum atomic E-state index is 11.6. The van der Waals surface area contributed by atoms with Crippen LogP contribution in [0.5, 0.6) is 0 Å². The van der Waals surface area contributed by atoms with Crippen molar-refractivity contribution >= 4 is 5.91 Å². The van der Waals surface area contributed by atoms with E-state index in [4.69, 9.17) is 4.74 Å². The summed E-state index contributed by atoms with van der Waals surface area (Å²) >= 11 is 0. The molecule has 1 N–H and O–H groups in total. The van der Waals surface area contributed by atoms with Gasteiger partial charge in [-0.15, -0.1) is 0 Å². The van der Waals surface area contributed by atoms with Crippen LogP contribution < -0.4 is 5.32 Å². The van der Waals surface area contributed by atoms with Crippen molar-refractivity contribution in [2.75, 3.05) is 13.2 Å². The van der Waals surface area contributed by atoms with E-state index in [0.717, 1.165) is 6.42 Å². The zero-order chi connectivity index (χ0) is 12.8. The summed E-state index contributed by atoms with van der Waals surface area (Å²) in [5, 5.41) is 2.93. The van der Waals surface area contributed by atoms with Gasteiger partial charge >= 0.3 is 0 Å². The Morgan fingerprint density at radius 1 is 1.19 bits per heavy atom. The number of hydrogen-bond acceptors (Lipinski definition) is 2. The van der Waals surface area contributed by atoms with Crippen molar-refractivity contribution in [2.45, 2.75) is 60.0 Å². The average Bonchev–Trinajstić information content (AvgIpc) is 1.99. The number of rotatable bonds is 6. The van der Waals surface area contributed by atoms with Crippen molar-refractivity contribution < 1.29 is 9.53 Å². The lowest BCUT2D eigenvalue weighted by atomic mass is 9.92. The molecule has 0 rings (SSSR count). The third-order valence-corrected chi connectivity index (χ3v) is 2.28. The van der Waals surface area contributed by atoms with Gasteiger partial charge in [0.2, 0.25) is 5.91 Å². The molecule has 0 fully saturated rings. The summed E-state index contributed by atoms with van der Waals surface area (Å²) < 4.78 is 5.56. The Morgan fingerprint density at radius 3 is 2.19 bits per heavy atom. The maximum absolute atomic E-state index is 11.6. The molecule has 0 aliphatic heterocycles. The van der Waals surface area contributed by atoms with Crippen LogP contribution in [-0.2, 0) is 9.53 Å². The number of carbonyl (C=O) groups excluding carboxylic acids is 1. The lowest BCUT2D eigenvalue weighted by Crippen LogP contribution is -2.34. The summed E-state index contributed by atoms with van der Waals surface area (Å²) in [6.07, 6.45) is 1.42. The zero-order valence-electron chi connectivity index (χ0n) is 11.6. The first-order valence-corrected chi connectivity index (χ1v) is 6.07. The van der Waals surface area contributed by atoms with Gasteiger partial charge in [-0.3, -0.25) is 4.79 Å². The molecule has 1 amide bonds. The van der Waals surface area contributed by atoms with E-state index in [9.17, 15) is 4.79 Å². The van der Waals surface area contributed by atoms with E-state index in [1.54, 1.807) is 0 Å². The largest absolute Gasteiger partial charge is 0.376 e. The normalized spacial score (nSPS) is 12.6. The molecule has 0 aromatic rings. The minimum atomic E-state index is -0.149. The third kappa shape index (κ3) is 8.72. The van der Waals surface area contributed by atoms with Crippen LogP contribution in [0.4, 0.5) is 0 Å². The molecule has 3 nitrogen and oxygen atoms in total. The van der Waals surface area contributed by atoms with Gasteiger partial charge in [-0.25, -0.2) is 0 Å².